The Labute approximate surface area is 97.4 Å². The first-order valence-corrected chi connectivity index (χ1v) is 5.11. The van der Waals surface area contributed by atoms with Crippen LogP contribution < -0.4 is 16.2 Å². The van der Waals surface area contributed by atoms with E-state index in [1.807, 2.05) is 0 Å². The number of carboxylic acid groups (broad SMARTS) is 2. The number of carboxylic acids is 2. The summed E-state index contributed by atoms with van der Waals surface area (Å²) >= 11 is 3.74. The zero-order chi connectivity index (χ0) is 12.7. The van der Waals surface area contributed by atoms with Gasteiger partial charge >= 0.3 is 5.97 Å². The van der Waals surface area contributed by atoms with Crippen molar-refractivity contribution in [3.63, 3.8) is 0 Å². The Hall–Kier alpha value is -1.28. The maximum absolute atomic E-state index is 11.3. The van der Waals surface area contributed by atoms with Crippen LogP contribution in [0.5, 0.6) is 0 Å². The molecule has 0 aromatic carbocycles. The summed E-state index contributed by atoms with van der Waals surface area (Å²) in [5, 5.41) is 20.9. The lowest BCUT2D eigenvalue weighted by Gasteiger charge is -2.16. The second-order valence-corrected chi connectivity index (χ2v) is 3.46. The topological polar surface area (TPSA) is 133 Å². The van der Waals surface area contributed by atoms with E-state index < -0.39 is 29.9 Å². The van der Waals surface area contributed by atoms with Crippen LogP contribution in [0.1, 0.15) is 12.8 Å². The van der Waals surface area contributed by atoms with Crippen LogP contribution in [-0.4, -0.2) is 40.8 Å². The largest absolute Gasteiger partial charge is 0.550 e. The van der Waals surface area contributed by atoms with E-state index in [-0.39, 0.29) is 18.6 Å². The van der Waals surface area contributed by atoms with E-state index in [2.05, 4.69) is 17.9 Å². The van der Waals surface area contributed by atoms with Crippen molar-refractivity contribution < 1.29 is 24.6 Å². The van der Waals surface area contributed by atoms with Gasteiger partial charge in [-0.2, -0.15) is 12.6 Å². The first-order valence-electron chi connectivity index (χ1n) is 4.48. The highest BCUT2D eigenvalue weighted by Gasteiger charge is 2.21. The molecule has 0 aromatic heterocycles. The Morgan fingerprint density at radius 3 is 2.38 bits per heavy atom. The summed E-state index contributed by atoms with van der Waals surface area (Å²) in [6.07, 6.45) is -0.458. The third-order valence-electron chi connectivity index (χ3n) is 1.79. The fourth-order valence-electron chi connectivity index (χ4n) is 0.869. The molecule has 0 aliphatic heterocycles. The monoisotopic (exact) mass is 249 g/mol. The number of aliphatic carboxylic acids is 2. The minimum Gasteiger partial charge on any atom is -0.550 e. The Morgan fingerprint density at radius 1 is 1.44 bits per heavy atom. The number of amides is 1. The molecule has 2 unspecified atom stereocenters. The molecular formula is C8H13N2O5S-. The normalized spacial score (nSPS) is 13.9. The second kappa shape index (κ2) is 7.07. The molecule has 0 bridgehead atoms. The summed E-state index contributed by atoms with van der Waals surface area (Å²) in [7, 11) is 0. The van der Waals surface area contributed by atoms with Crippen LogP contribution in [0.3, 0.4) is 0 Å². The number of nitrogens with two attached hydrogens (primary N) is 1. The molecule has 0 fully saturated rings. The summed E-state index contributed by atoms with van der Waals surface area (Å²) in [5.41, 5.74) is 5.35. The van der Waals surface area contributed by atoms with Gasteiger partial charge in [0, 0.05) is 11.7 Å². The van der Waals surface area contributed by atoms with Gasteiger partial charge in [-0.15, -0.1) is 0 Å². The molecule has 16 heavy (non-hydrogen) atoms. The highest BCUT2D eigenvalue weighted by Crippen LogP contribution is 1.96. The smallest absolute Gasteiger partial charge is 0.327 e. The van der Waals surface area contributed by atoms with Crippen LogP contribution in [0.4, 0.5) is 0 Å². The number of hydrogen-bond donors (Lipinski definition) is 4. The van der Waals surface area contributed by atoms with E-state index in [9.17, 15) is 19.5 Å². The SMILES string of the molecule is NC(CCC(=O)[O-])C(=O)NC(CS)C(=O)O. The summed E-state index contributed by atoms with van der Waals surface area (Å²) in [5.74, 6) is -3.33. The van der Waals surface area contributed by atoms with Crippen molar-refractivity contribution in [1.29, 1.82) is 0 Å². The van der Waals surface area contributed by atoms with Gasteiger partial charge in [-0.05, 0) is 12.8 Å². The zero-order valence-electron chi connectivity index (χ0n) is 8.38. The molecule has 0 aromatic rings. The first-order chi connectivity index (χ1) is 7.38. The van der Waals surface area contributed by atoms with Gasteiger partial charge in [0.15, 0.2) is 0 Å². The molecule has 2 atom stereocenters. The molecule has 0 saturated heterocycles. The van der Waals surface area contributed by atoms with Crippen molar-refractivity contribution in [2.45, 2.75) is 24.9 Å². The molecule has 7 nitrogen and oxygen atoms in total. The molecule has 0 aliphatic rings. The van der Waals surface area contributed by atoms with Crippen molar-refractivity contribution in [2.75, 3.05) is 5.75 Å². The number of hydrogen-bond acceptors (Lipinski definition) is 6. The average molecular weight is 249 g/mol. The summed E-state index contributed by atoms with van der Waals surface area (Å²) in [6.45, 7) is 0. The van der Waals surface area contributed by atoms with E-state index in [0.29, 0.717) is 0 Å². The number of carbonyl (C=O) groups excluding carboxylic acids is 2. The van der Waals surface area contributed by atoms with Crippen LogP contribution >= 0.6 is 12.6 Å². The van der Waals surface area contributed by atoms with Crippen molar-refractivity contribution in [3.05, 3.63) is 0 Å². The number of nitrogens with one attached hydrogen (secondary N) is 1. The second-order valence-electron chi connectivity index (χ2n) is 3.10. The number of carbonyl (C=O) groups is 3. The van der Waals surface area contributed by atoms with Crippen LogP contribution in [0.15, 0.2) is 0 Å². The Bertz CT molecular complexity index is 284. The molecule has 4 N–H and O–H groups in total. The molecule has 8 heteroatoms. The van der Waals surface area contributed by atoms with E-state index in [1.54, 1.807) is 0 Å². The quantitative estimate of drug-likeness (QED) is 0.364. The molecule has 0 heterocycles. The maximum atomic E-state index is 11.3. The van der Waals surface area contributed by atoms with E-state index in [0.717, 1.165) is 0 Å². The highest BCUT2D eigenvalue weighted by atomic mass is 32.1. The minimum absolute atomic E-state index is 0.0751. The molecule has 1 amide bonds. The first kappa shape index (κ1) is 14.7. The van der Waals surface area contributed by atoms with Crippen LogP contribution in [0.25, 0.3) is 0 Å². The van der Waals surface area contributed by atoms with E-state index in [4.69, 9.17) is 10.8 Å². The predicted octanol–water partition coefficient (Wildman–Crippen LogP) is -2.66. The van der Waals surface area contributed by atoms with Crippen molar-refractivity contribution in [1.82, 2.24) is 5.32 Å². The average Bonchev–Trinajstić information content (AvgIpc) is 2.21. The molecule has 0 radical (unpaired) electrons. The Balaban J connectivity index is 4.13. The standard InChI is InChI=1S/C8H14N2O5S/c9-4(1-2-6(11)12)7(13)10-5(3-16)8(14)15/h4-5,16H,1-3,9H2,(H,10,13)(H,11,12)(H,14,15)/p-1. The summed E-state index contributed by atoms with van der Waals surface area (Å²) in [4.78, 5) is 31.9. The van der Waals surface area contributed by atoms with Crippen LogP contribution in [-0.2, 0) is 14.4 Å². The van der Waals surface area contributed by atoms with Gasteiger partial charge in [-0.1, -0.05) is 0 Å². The van der Waals surface area contributed by atoms with Crippen LogP contribution in [0.2, 0.25) is 0 Å². The Kier molecular flexibility index (Phi) is 6.50. The van der Waals surface area contributed by atoms with Crippen molar-refractivity contribution in [3.8, 4) is 0 Å². The van der Waals surface area contributed by atoms with Gasteiger partial charge in [-0.3, -0.25) is 4.79 Å². The molecule has 0 aliphatic carbocycles. The summed E-state index contributed by atoms with van der Waals surface area (Å²) in [6, 6.07) is -2.20. The lowest BCUT2D eigenvalue weighted by Crippen LogP contribution is -2.49. The molecule has 92 valence electrons. The highest BCUT2D eigenvalue weighted by molar-refractivity contribution is 7.80. The molecule has 0 saturated carbocycles. The Morgan fingerprint density at radius 2 is 2.00 bits per heavy atom. The lowest BCUT2D eigenvalue weighted by molar-refractivity contribution is -0.305. The van der Waals surface area contributed by atoms with Gasteiger partial charge < -0.3 is 26.1 Å². The zero-order valence-corrected chi connectivity index (χ0v) is 9.28. The van der Waals surface area contributed by atoms with Crippen LogP contribution in [0, 0.1) is 0 Å². The van der Waals surface area contributed by atoms with Crippen molar-refractivity contribution in [2.24, 2.45) is 5.73 Å². The lowest BCUT2D eigenvalue weighted by atomic mass is 10.1. The van der Waals surface area contributed by atoms with Gasteiger partial charge in [-0.25, -0.2) is 4.79 Å². The third kappa shape index (κ3) is 5.56. The molecule has 0 spiro atoms. The van der Waals surface area contributed by atoms with E-state index >= 15 is 0 Å². The van der Waals surface area contributed by atoms with E-state index in [1.165, 1.54) is 0 Å². The van der Waals surface area contributed by atoms with Gasteiger partial charge in [0.25, 0.3) is 0 Å². The maximum Gasteiger partial charge on any atom is 0.327 e. The van der Waals surface area contributed by atoms with Gasteiger partial charge in [0.1, 0.15) is 6.04 Å². The molecular weight excluding hydrogens is 236 g/mol. The minimum atomic E-state index is -1.31. The fourth-order valence-corrected chi connectivity index (χ4v) is 1.12. The fraction of sp³-hybridized carbons (Fsp3) is 0.625. The predicted molar refractivity (Wildman–Crippen MR) is 55.6 cm³/mol. The molecule has 0 rings (SSSR count). The number of thiol groups is 1. The number of rotatable bonds is 7. The van der Waals surface area contributed by atoms with Gasteiger partial charge in [0.05, 0.1) is 6.04 Å². The summed E-state index contributed by atoms with van der Waals surface area (Å²) < 4.78 is 0. The van der Waals surface area contributed by atoms with Crippen molar-refractivity contribution >= 4 is 30.5 Å². The third-order valence-corrected chi connectivity index (χ3v) is 2.16. The van der Waals surface area contributed by atoms with Gasteiger partial charge in [0.2, 0.25) is 5.91 Å².